The molecule has 4 nitrogen and oxygen atoms in total. The first-order valence-corrected chi connectivity index (χ1v) is 2.41. The third-order valence-electron chi connectivity index (χ3n) is 0.729. The molecule has 6 heteroatoms. The Hall–Kier alpha value is 0.210. The van der Waals surface area contributed by atoms with Gasteiger partial charge in [-0.1, -0.05) is 0 Å². The molecule has 0 amide bonds. The molecule has 0 spiro atoms. The van der Waals surface area contributed by atoms with Gasteiger partial charge in [-0.15, -0.1) is 12.4 Å². The average Bonchev–Trinajstić information content (AvgIpc) is 1.63. The molecule has 0 fully saturated rings. The Bertz CT molecular complexity index is 147. The number of carbonyl (C=O) groups is 1. The van der Waals surface area contributed by atoms with E-state index in [1.807, 2.05) is 0 Å². The zero-order chi connectivity index (χ0) is 7.28. The quantitative estimate of drug-likeness (QED) is 0.455. The van der Waals surface area contributed by atoms with Crippen molar-refractivity contribution >= 4 is 18.4 Å². The van der Waals surface area contributed by atoms with Crippen LogP contribution in [-0.2, 0) is 4.79 Å². The fourth-order valence-electron chi connectivity index (χ4n) is 0.370. The number of aliphatic hydroxyl groups excluding tert-OH is 1. The number of carboxylic acids is 1. The monoisotopic (exact) mass is 187 g/mol. The Labute approximate surface area is 92.9 Å². The summed E-state index contributed by atoms with van der Waals surface area (Å²) in [5.41, 5.74) is 0. The van der Waals surface area contributed by atoms with Gasteiger partial charge in [0.2, 0.25) is 0 Å². The maximum absolute atomic E-state index is 9.70. The molecule has 1 atom stereocenters. The zero-order valence-electron chi connectivity index (χ0n) is 6.11. The SMILES string of the molecule is Cl.N#CC[C@@H](O)CC(=O)[O-].[Na+]. The molecule has 0 aliphatic heterocycles. The Morgan fingerprint density at radius 2 is 2.18 bits per heavy atom. The van der Waals surface area contributed by atoms with E-state index >= 15 is 0 Å². The molecule has 0 bridgehead atoms. The van der Waals surface area contributed by atoms with Crippen LogP contribution in [0.15, 0.2) is 0 Å². The Kier molecular flexibility index (Phi) is 16.1. The van der Waals surface area contributed by atoms with Crippen LogP contribution in [0.1, 0.15) is 12.8 Å². The van der Waals surface area contributed by atoms with Crippen LogP contribution in [0.3, 0.4) is 0 Å². The maximum Gasteiger partial charge on any atom is 1.00 e. The Balaban J connectivity index is -0.000000320. The van der Waals surface area contributed by atoms with Gasteiger partial charge in [0.15, 0.2) is 0 Å². The second kappa shape index (κ2) is 10.2. The van der Waals surface area contributed by atoms with E-state index in [0.29, 0.717) is 0 Å². The molecule has 0 radical (unpaired) electrons. The number of rotatable bonds is 3. The topological polar surface area (TPSA) is 84.1 Å². The van der Waals surface area contributed by atoms with Gasteiger partial charge >= 0.3 is 29.6 Å². The third-order valence-corrected chi connectivity index (χ3v) is 0.729. The zero-order valence-corrected chi connectivity index (χ0v) is 8.93. The summed E-state index contributed by atoms with van der Waals surface area (Å²) in [7, 11) is 0. The van der Waals surface area contributed by atoms with Crippen LogP contribution in [0.4, 0.5) is 0 Å². The first kappa shape index (κ1) is 17.3. The van der Waals surface area contributed by atoms with E-state index in [1.165, 1.54) is 0 Å². The van der Waals surface area contributed by atoms with Gasteiger partial charge in [0.25, 0.3) is 0 Å². The molecule has 0 saturated carbocycles. The molecule has 0 aromatic carbocycles. The number of hydrogen-bond acceptors (Lipinski definition) is 4. The molecule has 0 aliphatic rings. The summed E-state index contributed by atoms with van der Waals surface area (Å²) in [5, 5.41) is 26.2. The van der Waals surface area contributed by atoms with E-state index in [1.54, 1.807) is 6.07 Å². The summed E-state index contributed by atoms with van der Waals surface area (Å²) in [5.74, 6) is -1.34. The second-order valence-corrected chi connectivity index (χ2v) is 1.59. The molecular formula is C5H7ClNNaO3. The van der Waals surface area contributed by atoms with Crippen molar-refractivity contribution in [3.05, 3.63) is 0 Å². The summed E-state index contributed by atoms with van der Waals surface area (Å²) < 4.78 is 0. The van der Waals surface area contributed by atoms with Crippen molar-refractivity contribution in [2.45, 2.75) is 18.9 Å². The molecule has 1 N–H and O–H groups in total. The van der Waals surface area contributed by atoms with Gasteiger partial charge in [-0.05, 0) is 0 Å². The molecular weight excluding hydrogens is 181 g/mol. The standard InChI is InChI=1S/C5H7NO3.ClH.Na/c6-2-1-4(7)3-5(8)9;;/h4,7H,1,3H2,(H,8,9);1H;/q;;+1/p-1/t4-;;/m1../s1. The first-order valence-electron chi connectivity index (χ1n) is 2.41. The van der Waals surface area contributed by atoms with Crippen molar-refractivity contribution in [2.75, 3.05) is 0 Å². The summed E-state index contributed by atoms with van der Waals surface area (Å²) in [6, 6.07) is 1.63. The van der Waals surface area contributed by atoms with Crippen LogP contribution in [0.5, 0.6) is 0 Å². The van der Waals surface area contributed by atoms with Crippen molar-refractivity contribution in [1.29, 1.82) is 5.26 Å². The number of halogens is 1. The van der Waals surface area contributed by atoms with Crippen LogP contribution < -0.4 is 34.7 Å². The molecule has 0 aromatic heterocycles. The average molecular weight is 188 g/mol. The maximum atomic E-state index is 9.70. The fourth-order valence-corrected chi connectivity index (χ4v) is 0.370. The minimum Gasteiger partial charge on any atom is -0.550 e. The predicted molar refractivity (Wildman–Crippen MR) is 33.1 cm³/mol. The van der Waals surface area contributed by atoms with Gasteiger partial charge < -0.3 is 15.0 Å². The number of aliphatic hydroxyl groups is 1. The van der Waals surface area contributed by atoms with Gasteiger partial charge in [-0.3, -0.25) is 0 Å². The molecule has 58 valence electrons. The van der Waals surface area contributed by atoms with Crippen LogP contribution in [0.2, 0.25) is 0 Å². The molecule has 0 saturated heterocycles. The number of carbonyl (C=O) groups excluding carboxylic acids is 1. The van der Waals surface area contributed by atoms with E-state index in [2.05, 4.69) is 0 Å². The first-order chi connectivity index (χ1) is 4.16. The molecule has 0 rings (SSSR count). The minimum absolute atomic E-state index is 0. The van der Waals surface area contributed by atoms with E-state index in [9.17, 15) is 9.90 Å². The molecule has 11 heavy (non-hydrogen) atoms. The van der Waals surface area contributed by atoms with Gasteiger partial charge in [0, 0.05) is 12.4 Å². The van der Waals surface area contributed by atoms with E-state index in [4.69, 9.17) is 10.4 Å². The number of aliphatic carboxylic acids is 1. The summed E-state index contributed by atoms with van der Waals surface area (Å²) >= 11 is 0. The summed E-state index contributed by atoms with van der Waals surface area (Å²) in [6.07, 6.45) is -1.71. The summed E-state index contributed by atoms with van der Waals surface area (Å²) in [4.78, 5) is 9.70. The van der Waals surface area contributed by atoms with Gasteiger partial charge in [0.1, 0.15) is 0 Å². The van der Waals surface area contributed by atoms with Crippen LogP contribution in [0.25, 0.3) is 0 Å². The van der Waals surface area contributed by atoms with E-state index in [0.717, 1.165) is 0 Å². The molecule has 0 aliphatic carbocycles. The molecule has 0 aromatic rings. The van der Waals surface area contributed by atoms with Crippen LogP contribution in [0, 0.1) is 11.3 Å². The van der Waals surface area contributed by atoms with Gasteiger partial charge in [-0.2, -0.15) is 5.26 Å². The van der Waals surface area contributed by atoms with Crippen molar-refractivity contribution in [3.63, 3.8) is 0 Å². The van der Waals surface area contributed by atoms with E-state index in [-0.39, 0.29) is 48.4 Å². The Morgan fingerprint density at radius 3 is 2.45 bits per heavy atom. The van der Waals surface area contributed by atoms with Crippen molar-refractivity contribution < 1.29 is 44.6 Å². The Morgan fingerprint density at radius 1 is 1.73 bits per heavy atom. The largest absolute Gasteiger partial charge is 1.00 e. The molecule has 0 heterocycles. The van der Waals surface area contributed by atoms with Crippen LogP contribution in [-0.4, -0.2) is 17.2 Å². The smallest absolute Gasteiger partial charge is 0.550 e. The number of hydrogen-bond donors (Lipinski definition) is 1. The summed E-state index contributed by atoms with van der Waals surface area (Å²) in [6.45, 7) is 0. The normalized spacial score (nSPS) is 9.82. The van der Waals surface area contributed by atoms with E-state index < -0.39 is 18.5 Å². The van der Waals surface area contributed by atoms with Crippen LogP contribution >= 0.6 is 12.4 Å². The van der Waals surface area contributed by atoms with Gasteiger partial charge in [-0.25, -0.2) is 0 Å². The third kappa shape index (κ3) is 13.2. The number of nitrogens with zero attached hydrogens (tertiary/aromatic N) is 1. The predicted octanol–water partition coefficient (Wildman–Crippen LogP) is -4.17. The fraction of sp³-hybridized carbons (Fsp3) is 0.600. The molecule has 0 unspecified atom stereocenters. The second-order valence-electron chi connectivity index (χ2n) is 1.59. The van der Waals surface area contributed by atoms with Crippen molar-refractivity contribution in [3.8, 4) is 6.07 Å². The number of carboxylic acid groups (broad SMARTS) is 1. The minimum atomic E-state index is -1.34. The van der Waals surface area contributed by atoms with Crippen molar-refractivity contribution in [1.82, 2.24) is 0 Å². The number of nitriles is 1. The van der Waals surface area contributed by atoms with Gasteiger partial charge in [0.05, 0.1) is 18.6 Å². The van der Waals surface area contributed by atoms with Crippen molar-refractivity contribution in [2.24, 2.45) is 0 Å².